The van der Waals surface area contributed by atoms with Gasteiger partial charge in [0.25, 0.3) is 0 Å². The molecule has 0 bridgehead atoms. The molecule has 0 amide bonds. The second-order valence-corrected chi connectivity index (χ2v) is 6.87. The Morgan fingerprint density at radius 1 is 1.33 bits per heavy atom. The van der Waals surface area contributed by atoms with Crippen LogP contribution in [0.4, 0.5) is 0 Å². The molecule has 2 N–H and O–H groups in total. The molecule has 0 aromatic heterocycles. The Hall–Kier alpha value is -1.55. The largest absolute Gasteiger partial charge is 0.491 e. The summed E-state index contributed by atoms with van der Waals surface area (Å²) in [5.74, 6) is 0.509. The van der Waals surface area contributed by atoms with Gasteiger partial charge in [-0.05, 0) is 41.9 Å². The maximum absolute atomic E-state index is 11.9. The van der Waals surface area contributed by atoms with E-state index in [-0.39, 0.29) is 17.9 Å². The van der Waals surface area contributed by atoms with Crippen molar-refractivity contribution >= 4 is 5.97 Å². The predicted molar refractivity (Wildman–Crippen MR) is 82.3 cm³/mol. The fraction of sp³-hybridized carbons (Fsp3) is 0.588. The van der Waals surface area contributed by atoms with Crippen LogP contribution in [0.1, 0.15) is 39.2 Å². The smallest absolute Gasteiger partial charge is 0.329 e. The van der Waals surface area contributed by atoms with Crippen LogP contribution in [0.2, 0.25) is 0 Å². The zero-order valence-corrected chi connectivity index (χ0v) is 13.3. The Labute approximate surface area is 126 Å². The lowest BCUT2D eigenvalue weighted by Gasteiger charge is -2.27. The normalized spacial score (nSPS) is 18.0. The number of benzene rings is 1. The predicted octanol–water partition coefficient (Wildman–Crippen LogP) is 2.64. The number of rotatable bonds is 5. The summed E-state index contributed by atoms with van der Waals surface area (Å²) in [7, 11) is 1.37. The van der Waals surface area contributed by atoms with Gasteiger partial charge >= 0.3 is 5.97 Å². The van der Waals surface area contributed by atoms with E-state index in [1.54, 1.807) is 0 Å². The summed E-state index contributed by atoms with van der Waals surface area (Å²) < 4.78 is 10.6. The average molecular weight is 291 g/mol. The van der Waals surface area contributed by atoms with Crippen molar-refractivity contribution in [2.24, 2.45) is 11.7 Å². The zero-order valence-electron chi connectivity index (χ0n) is 13.3. The van der Waals surface area contributed by atoms with Crippen LogP contribution in [0.3, 0.4) is 0 Å². The number of methoxy groups -OCH3 is 1. The van der Waals surface area contributed by atoms with Crippen molar-refractivity contribution in [3.63, 3.8) is 0 Å². The molecule has 0 aliphatic heterocycles. The number of nitrogens with two attached hydrogens (primary N) is 1. The lowest BCUT2D eigenvalue weighted by molar-refractivity contribution is -0.149. The van der Waals surface area contributed by atoms with E-state index in [0.717, 1.165) is 18.6 Å². The molecule has 4 heteroatoms. The third-order valence-corrected chi connectivity index (χ3v) is 4.05. The number of hydrogen-bond acceptors (Lipinski definition) is 4. The van der Waals surface area contributed by atoms with Gasteiger partial charge in [-0.25, -0.2) is 4.79 Å². The van der Waals surface area contributed by atoms with E-state index in [1.165, 1.54) is 12.7 Å². The Morgan fingerprint density at radius 2 is 2.00 bits per heavy atom. The van der Waals surface area contributed by atoms with Gasteiger partial charge in [0.05, 0.1) is 7.11 Å². The average Bonchev–Trinajstić information content (AvgIpc) is 3.28. The highest BCUT2D eigenvalue weighted by Crippen LogP contribution is 2.39. The monoisotopic (exact) mass is 291 g/mol. The minimum atomic E-state index is -1.04. The Bertz CT molecular complexity index is 517. The van der Waals surface area contributed by atoms with E-state index in [4.69, 9.17) is 15.2 Å². The summed E-state index contributed by atoms with van der Waals surface area (Å²) in [6, 6.07) is 7.93. The van der Waals surface area contributed by atoms with Crippen molar-refractivity contribution in [1.29, 1.82) is 0 Å². The van der Waals surface area contributed by atoms with E-state index in [1.807, 2.05) is 18.2 Å². The van der Waals surface area contributed by atoms with Gasteiger partial charge < -0.3 is 15.2 Å². The molecule has 1 aliphatic rings. The molecule has 21 heavy (non-hydrogen) atoms. The Kier molecular flexibility index (Phi) is 4.28. The van der Waals surface area contributed by atoms with Gasteiger partial charge in [0.2, 0.25) is 0 Å². The van der Waals surface area contributed by atoms with Crippen LogP contribution in [-0.2, 0) is 14.9 Å². The molecule has 4 nitrogen and oxygen atoms in total. The highest BCUT2D eigenvalue weighted by atomic mass is 16.5. The topological polar surface area (TPSA) is 61.5 Å². The molecule has 1 fully saturated rings. The van der Waals surface area contributed by atoms with Crippen molar-refractivity contribution in [1.82, 2.24) is 0 Å². The first kappa shape index (κ1) is 15.8. The van der Waals surface area contributed by atoms with E-state index < -0.39 is 11.5 Å². The summed E-state index contributed by atoms with van der Waals surface area (Å²) in [5, 5.41) is 0. The minimum Gasteiger partial charge on any atom is -0.491 e. The first-order valence-corrected chi connectivity index (χ1v) is 7.38. The molecule has 2 rings (SSSR count). The highest BCUT2D eigenvalue weighted by molar-refractivity contribution is 5.81. The van der Waals surface area contributed by atoms with Gasteiger partial charge in [-0.3, -0.25) is 0 Å². The molecule has 1 aromatic carbocycles. The fourth-order valence-corrected chi connectivity index (χ4v) is 2.39. The summed E-state index contributed by atoms with van der Waals surface area (Å²) in [6.45, 7) is 6.60. The quantitative estimate of drug-likeness (QED) is 0.847. The van der Waals surface area contributed by atoms with Crippen LogP contribution in [0, 0.1) is 5.92 Å². The Morgan fingerprint density at radius 3 is 2.52 bits per heavy atom. The first-order valence-electron chi connectivity index (χ1n) is 7.38. The molecular weight excluding hydrogens is 266 g/mol. The maximum Gasteiger partial charge on any atom is 0.329 e. The van der Waals surface area contributed by atoms with E-state index in [2.05, 4.69) is 26.8 Å². The molecule has 1 aliphatic carbocycles. The lowest BCUT2D eigenvalue weighted by Crippen LogP contribution is -2.55. The van der Waals surface area contributed by atoms with Gasteiger partial charge in [-0.1, -0.05) is 32.9 Å². The number of ether oxygens (including phenoxy) is 2. The van der Waals surface area contributed by atoms with Crippen molar-refractivity contribution in [3.8, 4) is 5.75 Å². The fourth-order valence-electron chi connectivity index (χ4n) is 2.39. The molecule has 1 atom stereocenters. The molecule has 116 valence electrons. The summed E-state index contributed by atoms with van der Waals surface area (Å²) in [5.41, 5.74) is 6.44. The van der Waals surface area contributed by atoms with Crippen molar-refractivity contribution < 1.29 is 14.3 Å². The molecule has 0 radical (unpaired) electrons. The molecule has 0 heterocycles. The molecule has 0 saturated heterocycles. The zero-order chi connectivity index (χ0) is 15.7. The summed E-state index contributed by atoms with van der Waals surface area (Å²) >= 11 is 0. The highest BCUT2D eigenvalue weighted by Gasteiger charge is 2.49. The molecule has 1 aromatic rings. The lowest BCUT2D eigenvalue weighted by atomic mass is 9.87. The van der Waals surface area contributed by atoms with E-state index >= 15 is 0 Å². The number of hydrogen-bond donors (Lipinski definition) is 1. The molecule has 1 saturated carbocycles. The van der Waals surface area contributed by atoms with E-state index in [9.17, 15) is 4.79 Å². The molecule has 0 spiro atoms. The SMILES string of the molecule is COC(=O)C(N)(COc1cccc(C(C)(C)C)c1)C1CC1. The van der Waals surface area contributed by atoms with E-state index in [0.29, 0.717) is 0 Å². The van der Waals surface area contributed by atoms with Crippen LogP contribution in [0.15, 0.2) is 24.3 Å². The standard InChI is InChI=1S/C17H25NO3/c1-16(2,3)13-6-5-7-14(10-13)21-11-17(18,12-8-9-12)15(19)20-4/h5-7,10,12H,8-9,11,18H2,1-4H3. The van der Waals surface area contributed by atoms with Gasteiger partial charge in [0.1, 0.15) is 12.4 Å². The third kappa shape index (κ3) is 3.56. The third-order valence-electron chi connectivity index (χ3n) is 4.05. The van der Waals surface area contributed by atoms with Gasteiger partial charge in [0.15, 0.2) is 5.54 Å². The molecule has 1 unspecified atom stereocenters. The minimum absolute atomic E-state index is 0.0536. The second kappa shape index (κ2) is 5.68. The van der Waals surface area contributed by atoms with Gasteiger partial charge in [0, 0.05) is 0 Å². The van der Waals surface area contributed by atoms with Crippen molar-refractivity contribution in [2.45, 2.75) is 44.6 Å². The summed E-state index contributed by atoms with van der Waals surface area (Å²) in [4.78, 5) is 11.9. The van der Waals surface area contributed by atoms with Gasteiger partial charge in [-0.2, -0.15) is 0 Å². The van der Waals surface area contributed by atoms with Crippen LogP contribution in [-0.4, -0.2) is 25.2 Å². The van der Waals surface area contributed by atoms with Crippen molar-refractivity contribution in [2.75, 3.05) is 13.7 Å². The van der Waals surface area contributed by atoms with Crippen LogP contribution >= 0.6 is 0 Å². The van der Waals surface area contributed by atoms with Crippen LogP contribution < -0.4 is 10.5 Å². The second-order valence-electron chi connectivity index (χ2n) is 6.87. The maximum atomic E-state index is 11.9. The van der Waals surface area contributed by atoms with Crippen molar-refractivity contribution in [3.05, 3.63) is 29.8 Å². The number of carbonyl (C=O) groups is 1. The molecular formula is C17H25NO3. The van der Waals surface area contributed by atoms with Crippen LogP contribution in [0.5, 0.6) is 5.75 Å². The first-order chi connectivity index (χ1) is 9.77. The Balaban J connectivity index is 2.10. The van der Waals surface area contributed by atoms with Crippen LogP contribution in [0.25, 0.3) is 0 Å². The number of carbonyl (C=O) groups excluding carboxylic acids is 1. The summed E-state index contributed by atoms with van der Waals surface area (Å²) in [6.07, 6.45) is 1.91. The van der Waals surface area contributed by atoms with Gasteiger partial charge in [-0.15, -0.1) is 0 Å². The number of esters is 1.